The molecule has 0 spiro atoms. The van der Waals surface area contributed by atoms with Gasteiger partial charge >= 0.3 is 0 Å². The van der Waals surface area contributed by atoms with Gasteiger partial charge in [0.05, 0.1) is 4.48 Å². The van der Waals surface area contributed by atoms with Crippen LogP contribution in [-0.4, -0.2) is 12.6 Å². The van der Waals surface area contributed by atoms with Gasteiger partial charge in [-0.3, -0.25) is 9.59 Å². The molecule has 0 unspecified atom stereocenters. The minimum Gasteiger partial charge on any atom is -0.298 e. The summed E-state index contributed by atoms with van der Waals surface area (Å²) in [4.78, 5) is 20.9. The maximum atomic E-state index is 10.6. The summed E-state index contributed by atoms with van der Waals surface area (Å²) < 4.78 is 0.418. The van der Waals surface area contributed by atoms with Crippen LogP contribution >= 0.6 is 15.9 Å². The molecule has 1 aromatic carbocycles. The molecule has 3 heteroatoms. The quantitative estimate of drug-likeness (QED) is 0.599. The molecule has 1 rings (SSSR count). The molecule has 0 saturated heterocycles. The first-order valence-electron chi connectivity index (χ1n) is 3.64. The lowest BCUT2D eigenvalue weighted by Gasteiger charge is -1.96. The highest BCUT2D eigenvalue weighted by molar-refractivity contribution is 9.12. The number of allylic oxidation sites excluding steroid dienone is 1. The first kappa shape index (κ1) is 9.86. The molecule has 0 aliphatic heterocycles. The molecule has 1 aromatic rings. The van der Waals surface area contributed by atoms with Crippen LogP contribution in [0.2, 0.25) is 0 Å². The largest absolute Gasteiger partial charge is 0.298 e. The number of carbonyl (C=O) groups excluding carboxylic acids is 2. The standard InChI is InChI=1S/C10H7BrO2/c11-10(7-13)5-8-3-1-2-4-9(8)6-12/h1-7H. The number of carbonyl (C=O) groups is 2. The van der Waals surface area contributed by atoms with Crippen molar-refractivity contribution >= 4 is 34.6 Å². The smallest absolute Gasteiger partial charge is 0.157 e. The summed E-state index contributed by atoms with van der Waals surface area (Å²) in [5.74, 6) is 0. The zero-order valence-corrected chi connectivity index (χ0v) is 8.32. The summed E-state index contributed by atoms with van der Waals surface area (Å²) in [5.41, 5.74) is 1.30. The summed E-state index contributed by atoms with van der Waals surface area (Å²) in [7, 11) is 0. The molecule has 0 N–H and O–H groups in total. The molecule has 0 fully saturated rings. The molecular formula is C10H7BrO2. The number of hydrogen-bond acceptors (Lipinski definition) is 2. The Morgan fingerprint density at radius 1 is 1.15 bits per heavy atom. The van der Waals surface area contributed by atoms with E-state index in [9.17, 15) is 9.59 Å². The third kappa shape index (κ3) is 2.63. The van der Waals surface area contributed by atoms with Gasteiger partial charge in [-0.2, -0.15) is 0 Å². The molecule has 0 saturated carbocycles. The topological polar surface area (TPSA) is 34.1 Å². The van der Waals surface area contributed by atoms with Gasteiger partial charge < -0.3 is 0 Å². The predicted octanol–water partition coefficient (Wildman–Crippen LogP) is 2.43. The summed E-state index contributed by atoms with van der Waals surface area (Å²) in [6, 6.07) is 7.05. The Balaban J connectivity index is 3.13. The zero-order valence-electron chi connectivity index (χ0n) is 6.74. The highest BCUT2D eigenvalue weighted by Gasteiger charge is 1.97. The molecule has 2 nitrogen and oxygen atoms in total. The predicted molar refractivity (Wildman–Crippen MR) is 54.8 cm³/mol. The van der Waals surface area contributed by atoms with E-state index in [-0.39, 0.29) is 0 Å². The summed E-state index contributed by atoms with van der Waals surface area (Å²) >= 11 is 3.05. The minimum atomic E-state index is 0.418. The number of benzene rings is 1. The highest BCUT2D eigenvalue weighted by atomic mass is 79.9. The van der Waals surface area contributed by atoms with Crippen molar-refractivity contribution in [3.8, 4) is 0 Å². The van der Waals surface area contributed by atoms with Crippen molar-refractivity contribution in [1.82, 2.24) is 0 Å². The summed E-state index contributed by atoms with van der Waals surface area (Å²) in [5, 5.41) is 0. The van der Waals surface area contributed by atoms with Crippen LogP contribution in [0, 0.1) is 0 Å². The van der Waals surface area contributed by atoms with Crippen LogP contribution in [0.4, 0.5) is 0 Å². The van der Waals surface area contributed by atoms with Gasteiger partial charge in [-0.1, -0.05) is 24.3 Å². The Morgan fingerprint density at radius 2 is 1.77 bits per heavy atom. The van der Waals surface area contributed by atoms with Gasteiger partial charge in [0.15, 0.2) is 12.6 Å². The highest BCUT2D eigenvalue weighted by Crippen LogP contribution is 2.13. The Kier molecular flexibility index (Phi) is 3.58. The van der Waals surface area contributed by atoms with Crippen LogP contribution in [0.3, 0.4) is 0 Å². The number of rotatable bonds is 3. The van der Waals surface area contributed by atoms with E-state index >= 15 is 0 Å². The summed E-state index contributed by atoms with van der Waals surface area (Å²) in [6.07, 6.45) is 3.05. The first-order chi connectivity index (χ1) is 6.27. The van der Waals surface area contributed by atoms with Crippen LogP contribution in [0.1, 0.15) is 15.9 Å². The van der Waals surface area contributed by atoms with E-state index in [1.165, 1.54) is 0 Å². The van der Waals surface area contributed by atoms with Gasteiger partial charge in [-0.25, -0.2) is 0 Å². The second-order valence-electron chi connectivity index (χ2n) is 2.39. The van der Waals surface area contributed by atoms with Crippen molar-refractivity contribution < 1.29 is 9.59 Å². The Bertz CT molecular complexity index is 356. The minimum absolute atomic E-state index is 0.418. The zero-order chi connectivity index (χ0) is 9.68. The van der Waals surface area contributed by atoms with Crippen molar-refractivity contribution in [1.29, 1.82) is 0 Å². The molecule has 66 valence electrons. The van der Waals surface area contributed by atoms with E-state index in [1.54, 1.807) is 24.3 Å². The van der Waals surface area contributed by atoms with E-state index < -0.39 is 0 Å². The molecule has 0 aromatic heterocycles. The fourth-order valence-electron chi connectivity index (χ4n) is 0.932. The average molecular weight is 239 g/mol. The fraction of sp³-hybridized carbons (Fsp3) is 0. The molecule has 0 radical (unpaired) electrons. The summed E-state index contributed by atoms with van der Waals surface area (Å²) in [6.45, 7) is 0. The van der Waals surface area contributed by atoms with Gasteiger partial charge in [0.25, 0.3) is 0 Å². The fourth-order valence-corrected chi connectivity index (χ4v) is 1.18. The van der Waals surface area contributed by atoms with Gasteiger partial charge in [0.1, 0.15) is 0 Å². The average Bonchev–Trinajstić information content (AvgIpc) is 2.18. The Morgan fingerprint density at radius 3 is 2.31 bits per heavy atom. The van der Waals surface area contributed by atoms with Crippen LogP contribution < -0.4 is 0 Å². The van der Waals surface area contributed by atoms with E-state index in [0.29, 0.717) is 16.3 Å². The Labute approximate surface area is 84.4 Å². The van der Waals surface area contributed by atoms with Crippen LogP contribution in [0.25, 0.3) is 6.08 Å². The number of aldehydes is 2. The van der Waals surface area contributed by atoms with Crippen LogP contribution in [0.15, 0.2) is 28.7 Å². The van der Waals surface area contributed by atoms with Crippen molar-refractivity contribution in [2.45, 2.75) is 0 Å². The maximum Gasteiger partial charge on any atom is 0.157 e. The SMILES string of the molecule is O=CC(Br)=Cc1ccccc1C=O. The Hall–Kier alpha value is -1.22. The molecule has 0 bridgehead atoms. The third-order valence-electron chi connectivity index (χ3n) is 1.53. The van der Waals surface area contributed by atoms with Crippen LogP contribution in [-0.2, 0) is 4.79 Å². The van der Waals surface area contributed by atoms with E-state index in [1.807, 2.05) is 6.07 Å². The lowest BCUT2D eigenvalue weighted by molar-refractivity contribution is -0.104. The number of halogens is 1. The van der Waals surface area contributed by atoms with Crippen molar-refractivity contribution in [3.63, 3.8) is 0 Å². The first-order valence-corrected chi connectivity index (χ1v) is 4.44. The van der Waals surface area contributed by atoms with Crippen molar-refractivity contribution in [2.24, 2.45) is 0 Å². The van der Waals surface area contributed by atoms with Gasteiger partial charge in [0, 0.05) is 5.56 Å². The molecule has 13 heavy (non-hydrogen) atoms. The molecule has 0 heterocycles. The molecule has 0 amide bonds. The molecule has 0 aliphatic carbocycles. The second-order valence-corrected chi connectivity index (χ2v) is 3.31. The number of hydrogen-bond donors (Lipinski definition) is 0. The molecule has 0 aliphatic rings. The maximum absolute atomic E-state index is 10.6. The van der Waals surface area contributed by atoms with Crippen molar-refractivity contribution in [2.75, 3.05) is 0 Å². The molecule has 0 atom stereocenters. The van der Waals surface area contributed by atoms with Gasteiger partial charge in [0.2, 0.25) is 0 Å². The van der Waals surface area contributed by atoms with E-state index in [0.717, 1.165) is 11.8 Å². The lowest BCUT2D eigenvalue weighted by Crippen LogP contribution is -1.85. The third-order valence-corrected chi connectivity index (χ3v) is 1.94. The van der Waals surface area contributed by atoms with Gasteiger partial charge in [-0.15, -0.1) is 0 Å². The normalized spacial score (nSPS) is 11.0. The monoisotopic (exact) mass is 238 g/mol. The van der Waals surface area contributed by atoms with Crippen molar-refractivity contribution in [3.05, 3.63) is 39.9 Å². The van der Waals surface area contributed by atoms with Crippen LogP contribution in [0.5, 0.6) is 0 Å². The molecular weight excluding hydrogens is 232 g/mol. The van der Waals surface area contributed by atoms with Gasteiger partial charge in [-0.05, 0) is 27.6 Å². The van der Waals surface area contributed by atoms with E-state index in [4.69, 9.17) is 0 Å². The second kappa shape index (κ2) is 4.72. The lowest BCUT2D eigenvalue weighted by atomic mass is 10.1. The van der Waals surface area contributed by atoms with E-state index in [2.05, 4.69) is 15.9 Å².